The number of carbonyl (C=O) groups excluding carboxylic acids is 2. The van der Waals surface area contributed by atoms with Crippen molar-refractivity contribution in [2.75, 3.05) is 45.8 Å². The smallest absolute Gasteiger partial charge is 0.246 e. The Morgan fingerprint density at radius 1 is 1.03 bits per heavy atom. The van der Waals surface area contributed by atoms with Crippen LogP contribution in [-0.4, -0.2) is 94.7 Å². The lowest BCUT2D eigenvalue weighted by Gasteiger charge is -2.33. The van der Waals surface area contributed by atoms with Gasteiger partial charge in [0.1, 0.15) is 0 Å². The number of hydrogen-bond acceptors (Lipinski definition) is 5. The predicted octanol–water partition coefficient (Wildman–Crippen LogP) is 2.28. The van der Waals surface area contributed by atoms with Gasteiger partial charge in [-0.05, 0) is 49.6 Å². The Morgan fingerprint density at radius 3 is 2.56 bits per heavy atom. The van der Waals surface area contributed by atoms with E-state index in [1.807, 2.05) is 4.90 Å². The summed E-state index contributed by atoms with van der Waals surface area (Å²) in [6, 6.07) is 5.18. The van der Waals surface area contributed by atoms with Gasteiger partial charge in [0, 0.05) is 51.8 Å². The molecule has 2 aliphatic heterocycles. The first-order valence-corrected chi connectivity index (χ1v) is 11.9. The van der Waals surface area contributed by atoms with Crippen molar-refractivity contribution in [2.24, 2.45) is 0 Å². The lowest BCUT2D eigenvalue weighted by molar-refractivity contribution is -0.130. The van der Waals surface area contributed by atoms with E-state index in [9.17, 15) is 19.8 Å². The van der Waals surface area contributed by atoms with Gasteiger partial charge in [-0.1, -0.05) is 29.3 Å². The summed E-state index contributed by atoms with van der Waals surface area (Å²) in [5, 5.41) is 20.3. The second-order valence-electron chi connectivity index (χ2n) is 8.39. The first kappa shape index (κ1) is 25.0. The monoisotopic (exact) mass is 483 g/mol. The summed E-state index contributed by atoms with van der Waals surface area (Å²) in [5.41, 5.74) is 0.788. The number of aliphatic hydroxyl groups excluding tert-OH is 2. The third-order valence-corrected chi connectivity index (χ3v) is 6.78. The van der Waals surface area contributed by atoms with E-state index >= 15 is 0 Å². The molecule has 2 heterocycles. The summed E-state index contributed by atoms with van der Waals surface area (Å²) >= 11 is 11.9. The van der Waals surface area contributed by atoms with E-state index in [2.05, 4.69) is 4.90 Å². The maximum atomic E-state index is 12.6. The van der Waals surface area contributed by atoms with Crippen LogP contribution in [0.15, 0.2) is 24.3 Å². The highest BCUT2D eigenvalue weighted by Crippen LogP contribution is 2.23. The van der Waals surface area contributed by atoms with Crippen molar-refractivity contribution in [1.29, 1.82) is 0 Å². The molecule has 0 aromatic heterocycles. The van der Waals surface area contributed by atoms with E-state index in [0.29, 0.717) is 55.6 Å². The third kappa shape index (κ3) is 7.18. The summed E-state index contributed by atoms with van der Waals surface area (Å²) in [6.07, 6.45) is 4.61. The molecule has 2 N–H and O–H groups in total. The van der Waals surface area contributed by atoms with E-state index < -0.39 is 12.2 Å². The highest BCUT2D eigenvalue weighted by Gasteiger charge is 2.26. The molecule has 2 aliphatic rings. The molecule has 176 valence electrons. The number of aliphatic hydroxyl groups is 2. The van der Waals surface area contributed by atoms with Crippen molar-refractivity contribution in [3.63, 3.8) is 0 Å². The Bertz CT molecular complexity index is 835. The van der Waals surface area contributed by atoms with Crippen LogP contribution in [0.3, 0.4) is 0 Å². The molecule has 2 saturated heterocycles. The predicted molar refractivity (Wildman–Crippen MR) is 126 cm³/mol. The number of amides is 2. The topological polar surface area (TPSA) is 84.3 Å². The van der Waals surface area contributed by atoms with Crippen molar-refractivity contribution >= 4 is 41.1 Å². The largest absolute Gasteiger partial charge is 0.390 e. The number of benzene rings is 1. The van der Waals surface area contributed by atoms with Gasteiger partial charge in [0.25, 0.3) is 0 Å². The number of likely N-dealkylation sites (tertiary alicyclic amines) is 1. The lowest BCUT2D eigenvalue weighted by Crippen LogP contribution is -2.46. The van der Waals surface area contributed by atoms with Crippen LogP contribution in [0.5, 0.6) is 0 Å². The second-order valence-corrected chi connectivity index (χ2v) is 9.21. The minimum absolute atomic E-state index is 0.0743. The van der Waals surface area contributed by atoms with E-state index in [0.717, 1.165) is 31.5 Å². The minimum Gasteiger partial charge on any atom is -0.390 e. The molecule has 1 aromatic carbocycles. The van der Waals surface area contributed by atoms with Crippen LogP contribution in [0, 0.1) is 0 Å². The van der Waals surface area contributed by atoms with Crippen molar-refractivity contribution in [3.05, 3.63) is 39.9 Å². The second kappa shape index (κ2) is 12.0. The highest BCUT2D eigenvalue weighted by molar-refractivity contribution is 6.42. The molecule has 2 atom stereocenters. The van der Waals surface area contributed by atoms with Crippen molar-refractivity contribution in [1.82, 2.24) is 14.7 Å². The first-order valence-electron chi connectivity index (χ1n) is 11.1. The van der Waals surface area contributed by atoms with Crippen molar-refractivity contribution in [3.8, 4) is 0 Å². The standard InChI is InChI=1S/C23H31Cl2N3O4/c24-18-5-3-17(15-19(18)25)4-6-22(31)28-12-8-23(32)27(13-14-28)10-2-1-9-26-11-7-20(29)21(30)16-26/h3-6,15,20-21,29-30H,1-2,7-14,16H2/b6-4+. The molecule has 0 radical (unpaired) electrons. The van der Waals surface area contributed by atoms with Crippen molar-refractivity contribution in [2.45, 2.75) is 37.9 Å². The molecule has 2 unspecified atom stereocenters. The van der Waals surface area contributed by atoms with Crippen LogP contribution >= 0.6 is 23.2 Å². The summed E-state index contributed by atoms with van der Waals surface area (Å²) in [7, 11) is 0. The summed E-state index contributed by atoms with van der Waals surface area (Å²) in [6.45, 7) is 4.24. The number of β-amino-alcohol motifs (C(OH)–C–C–N with tert-alkyl or cyclic N) is 1. The maximum absolute atomic E-state index is 12.6. The molecule has 3 rings (SSSR count). The van der Waals surface area contributed by atoms with E-state index in [4.69, 9.17) is 23.2 Å². The van der Waals surface area contributed by atoms with Crippen molar-refractivity contribution < 1.29 is 19.8 Å². The van der Waals surface area contributed by atoms with Crippen LogP contribution < -0.4 is 0 Å². The summed E-state index contributed by atoms with van der Waals surface area (Å²) < 4.78 is 0. The Kier molecular flexibility index (Phi) is 9.37. The lowest BCUT2D eigenvalue weighted by atomic mass is 10.0. The van der Waals surface area contributed by atoms with Gasteiger partial charge in [0.2, 0.25) is 11.8 Å². The number of hydrogen-bond donors (Lipinski definition) is 2. The molecule has 0 saturated carbocycles. The molecule has 0 aliphatic carbocycles. The Balaban J connectivity index is 1.41. The van der Waals surface area contributed by atoms with Crippen LogP contribution in [0.25, 0.3) is 6.08 Å². The molecular formula is C23H31Cl2N3O4. The molecule has 2 amide bonds. The summed E-state index contributed by atoms with van der Waals surface area (Å²) in [4.78, 5) is 30.8. The van der Waals surface area contributed by atoms with Crippen LogP contribution in [-0.2, 0) is 9.59 Å². The zero-order valence-electron chi connectivity index (χ0n) is 18.1. The normalized spacial score (nSPS) is 23.1. The SMILES string of the molecule is O=C(/C=C/c1ccc(Cl)c(Cl)c1)N1CCC(=O)N(CCCCN2CCC(O)C(O)C2)CC1. The number of halogens is 2. The van der Waals surface area contributed by atoms with Gasteiger partial charge in [0.15, 0.2) is 0 Å². The molecule has 0 spiro atoms. The molecule has 1 aromatic rings. The Hall–Kier alpha value is -1.64. The summed E-state index contributed by atoms with van der Waals surface area (Å²) in [5.74, 6) is -0.0538. The van der Waals surface area contributed by atoms with Gasteiger partial charge in [-0.15, -0.1) is 0 Å². The van der Waals surface area contributed by atoms with Gasteiger partial charge >= 0.3 is 0 Å². The average molecular weight is 484 g/mol. The first-order chi connectivity index (χ1) is 15.3. The fourth-order valence-electron chi connectivity index (χ4n) is 4.04. The molecule has 7 nitrogen and oxygen atoms in total. The zero-order chi connectivity index (χ0) is 23.1. The Morgan fingerprint density at radius 2 is 1.81 bits per heavy atom. The van der Waals surface area contributed by atoms with Crippen LogP contribution in [0.4, 0.5) is 0 Å². The molecule has 2 fully saturated rings. The highest BCUT2D eigenvalue weighted by atomic mass is 35.5. The molecule has 32 heavy (non-hydrogen) atoms. The minimum atomic E-state index is -0.676. The molecular weight excluding hydrogens is 453 g/mol. The van der Waals surface area contributed by atoms with Gasteiger partial charge in [-0.3, -0.25) is 9.59 Å². The number of carbonyl (C=O) groups is 2. The Labute approximate surface area is 199 Å². The number of piperidine rings is 1. The zero-order valence-corrected chi connectivity index (χ0v) is 19.6. The average Bonchev–Trinajstić information content (AvgIpc) is 2.96. The quantitative estimate of drug-likeness (QED) is 0.459. The number of unbranched alkanes of at least 4 members (excludes halogenated alkanes) is 1. The van der Waals surface area contributed by atoms with Gasteiger partial charge in [-0.25, -0.2) is 0 Å². The van der Waals surface area contributed by atoms with E-state index in [-0.39, 0.29) is 11.8 Å². The van der Waals surface area contributed by atoms with Crippen LogP contribution in [0.1, 0.15) is 31.2 Å². The number of nitrogens with zero attached hydrogens (tertiary/aromatic N) is 3. The molecule has 0 bridgehead atoms. The van der Waals surface area contributed by atoms with Gasteiger partial charge in [0.05, 0.1) is 22.3 Å². The van der Waals surface area contributed by atoms with E-state index in [1.165, 1.54) is 6.08 Å². The van der Waals surface area contributed by atoms with E-state index in [1.54, 1.807) is 29.2 Å². The maximum Gasteiger partial charge on any atom is 0.246 e. The molecule has 9 heteroatoms. The van der Waals surface area contributed by atoms with Crippen LogP contribution in [0.2, 0.25) is 10.0 Å². The van der Waals surface area contributed by atoms with Gasteiger partial charge in [-0.2, -0.15) is 0 Å². The fourth-order valence-corrected chi connectivity index (χ4v) is 4.34. The third-order valence-electron chi connectivity index (χ3n) is 6.04. The fraction of sp³-hybridized carbons (Fsp3) is 0.565. The number of rotatable bonds is 7. The van der Waals surface area contributed by atoms with Gasteiger partial charge < -0.3 is 24.9 Å².